The molecule has 126 valence electrons. The van der Waals surface area contributed by atoms with Gasteiger partial charge in [-0.2, -0.15) is 0 Å². The van der Waals surface area contributed by atoms with Crippen molar-refractivity contribution in [3.63, 3.8) is 0 Å². The molecule has 0 spiro atoms. The van der Waals surface area contributed by atoms with Crippen molar-refractivity contribution >= 4 is 39.3 Å². The van der Waals surface area contributed by atoms with Gasteiger partial charge < -0.3 is 14.5 Å². The number of nitrogens with zero attached hydrogens (tertiary/aromatic N) is 2. The van der Waals surface area contributed by atoms with Crippen LogP contribution in [0, 0.1) is 5.92 Å². The second-order valence-corrected chi connectivity index (χ2v) is 8.58. The van der Waals surface area contributed by atoms with Crippen LogP contribution in [-0.2, 0) is 4.74 Å². The van der Waals surface area contributed by atoms with E-state index in [1.165, 1.54) is 0 Å². The van der Waals surface area contributed by atoms with Gasteiger partial charge in [-0.05, 0) is 61.3 Å². The van der Waals surface area contributed by atoms with Crippen LogP contribution in [0.5, 0.6) is 0 Å². The number of likely N-dealkylation sites (tertiary alicyclic amines) is 1. The molecule has 1 aromatic rings. The Bertz CT molecular complexity index is 617. The SMILES string of the molecule is CC(C)(C)OC(=O)N1CC[C@@H]2CN(c3ccc(Cl)cc3Br)C[C@@H]21. The van der Waals surface area contributed by atoms with Crippen molar-refractivity contribution in [1.82, 2.24) is 4.90 Å². The van der Waals surface area contributed by atoms with Gasteiger partial charge in [-0.25, -0.2) is 4.79 Å². The number of amides is 1. The lowest BCUT2D eigenvalue weighted by Gasteiger charge is -2.29. The number of ether oxygens (including phenoxy) is 1. The summed E-state index contributed by atoms with van der Waals surface area (Å²) >= 11 is 9.62. The van der Waals surface area contributed by atoms with Crippen LogP contribution in [0.4, 0.5) is 10.5 Å². The number of fused-ring (bicyclic) bond motifs is 1. The van der Waals surface area contributed by atoms with E-state index < -0.39 is 5.60 Å². The summed E-state index contributed by atoms with van der Waals surface area (Å²) in [6.45, 7) is 8.31. The van der Waals surface area contributed by atoms with Crippen LogP contribution < -0.4 is 4.90 Å². The molecule has 0 aliphatic carbocycles. The summed E-state index contributed by atoms with van der Waals surface area (Å²) in [4.78, 5) is 16.6. The molecule has 2 saturated heterocycles. The Morgan fingerprint density at radius 2 is 2.09 bits per heavy atom. The number of benzene rings is 1. The Balaban J connectivity index is 1.72. The minimum atomic E-state index is -0.452. The van der Waals surface area contributed by atoms with Crippen LogP contribution in [0.25, 0.3) is 0 Å². The van der Waals surface area contributed by atoms with E-state index in [1.54, 1.807) is 0 Å². The highest BCUT2D eigenvalue weighted by Crippen LogP contribution is 2.38. The summed E-state index contributed by atoms with van der Waals surface area (Å²) in [5.41, 5.74) is 0.681. The molecule has 0 saturated carbocycles. The lowest BCUT2D eigenvalue weighted by molar-refractivity contribution is 0.0229. The van der Waals surface area contributed by atoms with Gasteiger partial charge in [0, 0.05) is 35.0 Å². The third kappa shape index (κ3) is 3.61. The lowest BCUT2D eigenvalue weighted by atomic mass is 10.1. The summed E-state index contributed by atoms with van der Waals surface area (Å²) in [5.74, 6) is 0.505. The molecule has 0 unspecified atom stereocenters. The first-order valence-electron chi connectivity index (χ1n) is 7.94. The van der Waals surface area contributed by atoms with Gasteiger partial charge in [-0.3, -0.25) is 0 Å². The highest BCUT2D eigenvalue weighted by atomic mass is 79.9. The molecule has 4 nitrogen and oxygen atoms in total. The van der Waals surface area contributed by atoms with Crippen LogP contribution in [0.2, 0.25) is 5.02 Å². The molecule has 3 rings (SSSR count). The van der Waals surface area contributed by atoms with Crippen molar-refractivity contribution in [1.29, 1.82) is 0 Å². The average Bonchev–Trinajstić information content (AvgIpc) is 2.95. The molecular weight excluding hydrogens is 380 g/mol. The molecule has 23 heavy (non-hydrogen) atoms. The van der Waals surface area contributed by atoms with E-state index in [0.29, 0.717) is 5.92 Å². The monoisotopic (exact) mass is 400 g/mol. The number of carbonyl (C=O) groups excluding carboxylic acids is 1. The fraction of sp³-hybridized carbons (Fsp3) is 0.588. The van der Waals surface area contributed by atoms with Crippen LogP contribution in [0.1, 0.15) is 27.2 Å². The third-order valence-corrected chi connectivity index (χ3v) is 5.30. The van der Waals surface area contributed by atoms with Crippen molar-refractivity contribution in [2.24, 2.45) is 5.92 Å². The van der Waals surface area contributed by atoms with Crippen LogP contribution in [0.15, 0.2) is 22.7 Å². The van der Waals surface area contributed by atoms with Crippen molar-refractivity contribution in [2.45, 2.75) is 38.8 Å². The molecule has 2 fully saturated rings. The summed E-state index contributed by atoms with van der Waals surface area (Å²) in [7, 11) is 0. The minimum absolute atomic E-state index is 0.193. The second-order valence-electron chi connectivity index (χ2n) is 7.29. The van der Waals surface area contributed by atoms with Crippen molar-refractivity contribution < 1.29 is 9.53 Å². The van der Waals surface area contributed by atoms with E-state index in [-0.39, 0.29) is 12.1 Å². The molecule has 2 aliphatic rings. The van der Waals surface area contributed by atoms with E-state index in [0.717, 1.165) is 41.2 Å². The maximum Gasteiger partial charge on any atom is 0.410 e. The van der Waals surface area contributed by atoms with Gasteiger partial charge in [0.05, 0.1) is 11.7 Å². The zero-order valence-electron chi connectivity index (χ0n) is 13.7. The molecule has 2 heterocycles. The second kappa shape index (κ2) is 6.17. The van der Waals surface area contributed by atoms with Gasteiger partial charge >= 0.3 is 6.09 Å². The fourth-order valence-electron chi connectivity index (χ4n) is 3.44. The Hall–Kier alpha value is -0.940. The first-order valence-corrected chi connectivity index (χ1v) is 9.11. The molecule has 2 aliphatic heterocycles. The number of hydrogen-bond donors (Lipinski definition) is 0. The minimum Gasteiger partial charge on any atom is -0.444 e. The molecule has 1 amide bonds. The number of hydrogen-bond acceptors (Lipinski definition) is 3. The predicted molar refractivity (Wildman–Crippen MR) is 96.2 cm³/mol. The van der Waals surface area contributed by atoms with Gasteiger partial charge in [0.25, 0.3) is 0 Å². The summed E-state index contributed by atoms with van der Waals surface area (Å²) in [6, 6.07) is 6.08. The Morgan fingerprint density at radius 3 is 2.74 bits per heavy atom. The summed E-state index contributed by atoms with van der Waals surface area (Å²) in [5, 5.41) is 0.718. The van der Waals surface area contributed by atoms with Crippen molar-refractivity contribution in [3.05, 3.63) is 27.7 Å². The lowest BCUT2D eigenvalue weighted by Crippen LogP contribution is -2.42. The van der Waals surface area contributed by atoms with E-state index in [4.69, 9.17) is 16.3 Å². The number of anilines is 1. The molecule has 0 radical (unpaired) electrons. The van der Waals surface area contributed by atoms with Crippen molar-refractivity contribution in [2.75, 3.05) is 24.5 Å². The zero-order chi connectivity index (χ0) is 16.8. The third-order valence-electron chi connectivity index (χ3n) is 4.43. The van der Waals surface area contributed by atoms with Crippen LogP contribution in [-0.4, -0.2) is 42.3 Å². The average molecular weight is 402 g/mol. The van der Waals surface area contributed by atoms with E-state index in [9.17, 15) is 4.79 Å². The molecule has 0 aromatic heterocycles. The van der Waals surface area contributed by atoms with Crippen LogP contribution in [0.3, 0.4) is 0 Å². The number of rotatable bonds is 1. The Morgan fingerprint density at radius 1 is 1.35 bits per heavy atom. The summed E-state index contributed by atoms with van der Waals surface area (Å²) < 4.78 is 6.55. The van der Waals surface area contributed by atoms with E-state index in [1.807, 2.05) is 43.9 Å². The van der Waals surface area contributed by atoms with Gasteiger partial charge in [-0.1, -0.05) is 11.6 Å². The predicted octanol–water partition coefficient (Wildman–Crippen LogP) is 4.55. The molecule has 0 bridgehead atoms. The van der Waals surface area contributed by atoms with E-state index >= 15 is 0 Å². The zero-order valence-corrected chi connectivity index (χ0v) is 16.0. The topological polar surface area (TPSA) is 32.8 Å². The smallest absolute Gasteiger partial charge is 0.410 e. The Labute approximate surface area is 150 Å². The van der Waals surface area contributed by atoms with E-state index in [2.05, 4.69) is 20.8 Å². The fourth-order valence-corrected chi connectivity index (χ4v) is 4.38. The first kappa shape index (κ1) is 16.9. The normalized spacial score (nSPS) is 24.0. The highest BCUT2D eigenvalue weighted by Gasteiger charge is 2.44. The van der Waals surface area contributed by atoms with Crippen LogP contribution >= 0.6 is 27.5 Å². The van der Waals surface area contributed by atoms with Gasteiger partial charge in [0.1, 0.15) is 5.60 Å². The first-order chi connectivity index (χ1) is 10.7. The van der Waals surface area contributed by atoms with Gasteiger partial charge in [0.2, 0.25) is 0 Å². The highest BCUT2D eigenvalue weighted by molar-refractivity contribution is 9.10. The maximum absolute atomic E-state index is 12.4. The Kier molecular flexibility index (Phi) is 4.53. The van der Waals surface area contributed by atoms with Gasteiger partial charge in [-0.15, -0.1) is 0 Å². The molecule has 0 N–H and O–H groups in total. The molecule has 1 aromatic carbocycles. The number of halogens is 2. The maximum atomic E-state index is 12.4. The largest absolute Gasteiger partial charge is 0.444 e. The standard InChI is InChI=1S/C17H22BrClN2O2/c1-17(2,3)23-16(22)21-7-6-11-9-20(10-15(11)21)14-5-4-12(19)8-13(14)18/h4-5,8,11,15H,6-7,9-10H2,1-3H3/t11-,15+/m1/s1. The number of carbonyl (C=O) groups is 1. The van der Waals surface area contributed by atoms with Crippen molar-refractivity contribution in [3.8, 4) is 0 Å². The quantitative estimate of drug-likeness (QED) is 0.692. The molecule has 2 atom stereocenters. The summed E-state index contributed by atoms with van der Waals surface area (Å²) in [6.07, 6.45) is 0.841. The van der Waals surface area contributed by atoms with Gasteiger partial charge in [0.15, 0.2) is 0 Å². The molecule has 6 heteroatoms. The molecular formula is C17H22BrClN2O2.